The van der Waals surface area contributed by atoms with Crippen LogP contribution in [-0.4, -0.2) is 15.6 Å². The van der Waals surface area contributed by atoms with Crippen LogP contribution in [0.1, 0.15) is 36.8 Å². The number of rotatable bonds is 4. The van der Waals surface area contributed by atoms with Gasteiger partial charge in [-0.05, 0) is 44.5 Å². The van der Waals surface area contributed by atoms with E-state index in [4.69, 9.17) is 0 Å². The molecule has 2 aromatic rings. The van der Waals surface area contributed by atoms with E-state index in [1.54, 1.807) is 29.1 Å². The molecule has 1 aromatic heterocycles. The highest BCUT2D eigenvalue weighted by molar-refractivity contribution is 6.02. The van der Waals surface area contributed by atoms with E-state index in [1.165, 1.54) is 12.1 Å². The summed E-state index contributed by atoms with van der Waals surface area (Å²) in [5, 5.41) is 4.11. The Bertz CT molecular complexity index is 584. The maximum Gasteiger partial charge on any atom is 0.190 e. The van der Waals surface area contributed by atoms with Crippen molar-refractivity contribution in [3.8, 4) is 0 Å². The number of carbonyl (C=O) groups excluding carboxylic acids is 1. The molecule has 0 bridgehead atoms. The van der Waals surface area contributed by atoms with E-state index in [2.05, 4.69) is 5.10 Å². The zero-order chi connectivity index (χ0) is 14.0. The molecule has 0 N–H and O–H groups in total. The minimum atomic E-state index is -0.708. The van der Waals surface area contributed by atoms with Crippen LogP contribution in [0, 0.1) is 5.82 Å². The fraction of sp³-hybridized carbons (Fsp3) is 0.333. The van der Waals surface area contributed by atoms with Crippen LogP contribution in [0.3, 0.4) is 0 Å². The van der Waals surface area contributed by atoms with Crippen LogP contribution in [0.25, 0.3) is 0 Å². The molecule has 0 amide bonds. The predicted octanol–water partition coefficient (Wildman–Crippen LogP) is 3.20. The Morgan fingerprint density at radius 3 is 2.47 bits per heavy atom. The van der Waals surface area contributed by atoms with Gasteiger partial charge in [0, 0.05) is 12.7 Å². The lowest BCUT2D eigenvalue weighted by Gasteiger charge is -2.23. The van der Waals surface area contributed by atoms with Gasteiger partial charge in [-0.1, -0.05) is 12.1 Å². The molecule has 100 valence electrons. The maximum absolute atomic E-state index is 13.0. The molecule has 0 atom stereocenters. The number of Topliss-reactive ketones (excluding diaryl/α,β-unsaturated/α-hetero) is 1. The third kappa shape index (κ3) is 2.43. The number of aryl methyl sites for hydroxylation is 1. The summed E-state index contributed by atoms with van der Waals surface area (Å²) in [7, 11) is 0. The zero-order valence-electron chi connectivity index (χ0n) is 11.4. The minimum absolute atomic E-state index is 0.0153. The van der Waals surface area contributed by atoms with E-state index >= 15 is 0 Å². The van der Waals surface area contributed by atoms with Crippen molar-refractivity contribution in [2.24, 2.45) is 0 Å². The third-order valence-corrected chi connectivity index (χ3v) is 3.38. The Morgan fingerprint density at radius 1 is 1.26 bits per heavy atom. The molecule has 0 radical (unpaired) electrons. The summed E-state index contributed by atoms with van der Waals surface area (Å²) in [6, 6.07) is 7.78. The first-order valence-electron chi connectivity index (χ1n) is 6.29. The molecule has 0 aliphatic rings. The first-order valence-corrected chi connectivity index (χ1v) is 6.29. The monoisotopic (exact) mass is 260 g/mol. The summed E-state index contributed by atoms with van der Waals surface area (Å²) < 4.78 is 14.6. The van der Waals surface area contributed by atoms with Crippen molar-refractivity contribution in [2.75, 3.05) is 0 Å². The normalized spacial score (nSPS) is 11.6. The van der Waals surface area contributed by atoms with Gasteiger partial charge in [-0.2, -0.15) is 5.10 Å². The molecule has 3 nitrogen and oxygen atoms in total. The lowest BCUT2D eigenvalue weighted by Crippen LogP contribution is -2.31. The van der Waals surface area contributed by atoms with Crippen molar-refractivity contribution in [3.63, 3.8) is 0 Å². The average Bonchev–Trinajstić information content (AvgIpc) is 2.86. The molecule has 0 saturated carbocycles. The second kappa shape index (κ2) is 4.96. The van der Waals surface area contributed by atoms with Gasteiger partial charge in [-0.15, -0.1) is 0 Å². The van der Waals surface area contributed by atoms with E-state index in [0.29, 0.717) is 12.2 Å². The summed E-state index contributed by atoms with van der Waals surface area (Å²) in [5.74, 6) is -0.316. The Morgan fingerprint density at radius 2 is 1.89 bits per heavy atom. The number of ketones is 1. The summed E-state index contributed by atoms with van der Waals surface area (Å²) in [5.41, 5.74) is 0.667. The van der Waals surface area contributed by atoms with Crippen molar-refractivity contribution >= 4 is 5.78 Å². The molecule has 1 aromatic carbocycles. The van der Waals surface area contributed by atoms with Crippen molar-refractivity contribution in [1.82, 2.24) is 9.78 Å². The first kappa shape index (κ1) is 13.5. The predicted molar refractivity (Wildman–Crippen MR) is 71.7 cm³/mol. The SMILES string of the molecule is CCn1nccc1C(=O)C(C)(C)c1ccc(F)cc1. The number of halogens is 1. The summed E-state index contributed by atoms with van der Waals surface area (Å²) in [6.07, 6.45) is 1.62. The molecule has 0 fully saturated rings. The van der Waals surface area contributed by atoms with Gasteiger partial charge in [-0.25, -0.2) is 4.39 Å². The molecular formula is C15H17FN2O. The first-order chi connectivity index (χ1) is 8.96. The Balaban J connectivity index is 2.39. The lowest BCUT2D eigenvalue weighted by molar-refractivity contribution is 0.0897. The van der Waals surface area contributed by atoms with Crippen LogP contribution in [0.5, 0.6) is 0 Å². The van der Waals surface area contributed by atoms with Gasteiger partial charge in [0.25, 0.3) is 0 Å². The topological polar surface area (TPSA) is 34.9 Å². The molecule has 2 rings (SSSR count). The van der Waals surface area contributed by atoms with Crippen LogP contribution in [0.4, 0.5) is 4.39 Å². The van der Waals surface area contributed by atoms with Crippen molar-refractivity contribution in [2.45, 2.75) is 32.7 Å². The second-order valence-electron chi connectivity index (χ2n) is 4.99. The molecule has 4 heteroatoms. The number of hydrogen-bond acceptors (Lipinski definition) is 2. The number of aromatic nitrogens is 2. The van der Waals surface area contributed by atoms with Gasteiger partial charge in [0.1, 0.15) is 11.5 Å². The highest BCUT2D eigenvalue weighted by Crippen LogP contribution is 2.27. The average molecular weight is 260 g/mol. The standard InChI is InChI=1S/C15H17FN2O/c1-4-18-13(9-10-17-18)14(19)15(2,3)11-5-7-12(16)8-6-11/h5-10H,4H2,1-3H3. The highest BCUT2D eigenvalue weighted by atomic mass is 19.1. The largest absolute Gasteiger partial charge is 0.291 e. The van der Waals surface area contributed by atoms with Crippen LogP contribution >= 0.6 is 0 Å². The lowest BCUT2D eigenvalue weighted by atomic mass is 9.79. The molecule has 0 aliphatic heterocycles. The Labute approximate surface area is 112 Å². The molecular weight excluding hydrogens is 243 g/mol. The number of benzene rings is 1. The summed E-state index contributed by atoms with van der Waals surface area (Å²) in [6.45, 7) is 6.27. The van der Waals surface area contributed by atoms with E-state index in [9.17, 15) is 9.18 Å². The van der Waals surface area contributed by atoms with Crippen LogP contribution in [0.15, 0.2) is 36.5 Å². The van der Waals surface area contributed by atoms with E-state index < -0.39 is 5.41 Å². The van der Waals surface area contributed by atoms with Crippen LogP contribution in [0.2, 0.25) is 0 Å². The van der Waals surface area contributed by atoms with Crippen molar-refractivity contribution in [1.29, 1.82) is 0 Å². The number of nitrogens with zero attached hydrogens (tertiary/aromatic N) is 2. The fourth-order valence-corrected chi connectivity index (χ4v) is 2.10. The number of carbonyl (C=O) groups is 1. The molecule has 1 heterocycles. The maximum atomic E-state index is 13.0. The summed E-state index contributed by atoms with van der Waals surface area (Å²) >= 11 is 0. The Hall–Kier alpha value is -1.97. The van der Waals surface area contributed by atoms with Gasteiger partial charge >= 0.3 is 0 Å². The van der Waals surface area contributed by atoms with Crippen LogP contribution < -0.4 is 0 Å². The molecule has 19 heavy (non-hydrogen) atoms. The van der Waals surface area contributed by atoms with Crippen molar-refractivity contribution in [3.05, 3.63) is 53.6 Å². The molecule has 0 unspecified atom stereocenters. The van der Waals surface area contributed by atoms with Gasteiger partial charge in [0.2, 0.25) is 0 Å². The van der Waals surface area contributed by atoms with Gasteiger partial charge < -0.3 is 0 Å². The smallest absolute Gasteiger partial charge is 0.190 e. The fourth-order valence-electron chi connectivity index (χ4n) is 2.10. The van der Waals surface area contributed by atoms with E-state index in [-0.39, 0.29) is 11.6 Å². The van der Waals surface area contributed by atoms with Gasteiger partial charge in [-0.3, -0.25) is 9.48 Å². The van der Waals surface area contributed by atoms with Crippen LogP contribution in [-0.2, 0) is 12.0 Å². The second-order valence-corrected chi connectivity index (χ2v) is 4.99. The highest BCUT2D eigenvalue weighted by Gasteiger charge is 2.32. The van der Waals surface area contributed by atoms with Gasteiger partial charge in [0.05, 0.1) is 5.41 Å². The van der Waals surface area contributed by atoms with E-state index in [0.717, 1.165) is 5.56 Å². The van der Waals surface area contributed by atoms with E-state index in [1.807, 2.05) is 20.8 Å². The zero-order valence-corrected chi connectivity index (χ0v) is 11.4. The van der Waals surface area contributed by atoms with Gasteiger partial charge in [0.15, 0.2) is 5.78 Å². The minimum Gasteiger partial charge on any atom is -0.291 e. The summed E-state index contributed by atoms with van der Waals surface area (Å²) in [4.78, 5) is 12.6. The third-order valence-electron chi connectivity index (χ3n) is 3.38. The Kier molecular flexibility index (Phi) is 3.51. The quantitative estimate of drug-likeness (QED) is 0.791. The molecule has 0 spiro atoms. The number of hydrogen-bond donors (Lipinski definition) is 0. The molecule has 0 aliphatic carbocycles. The van der Waals surface area contributed by atoms with Crippen molar-refractivity contribution < 1.29 is 9.18 Å². The molecule has 0 saturated heterocycles.